The van der Waals surface area contributed by atoms with Gasteiger partial charge in [-0.05, 0) is 55.6 Å². The maximum absolute atomic E-state index is 3.85. The first-order valence-electron chi connectivity index (χ1n) is 7.87. The van der Waals surface area contributed by atoms with Crippen LogP contribution in [0, 0.1) is 12.3 Å². The predicted molar refractivity (Wildman–Crippen MR) is 84.8 cm³/mol. The lowest BCUT2D eigenvalue weighted by molar-refractivity contribution is 0.313. The summed E-state index contributed by atoms with van der Waals surface area (Å²) in [5.41, 5.74) is 4.79. The second-order valence-corrected chi connectivity index (χ2v) is 6.90. The molecule has 1 heteroatoms. The third kappa shape index (κ3) is 3.75. The first-order chi connectivity index (χ1) is 9.02. The fraction of sp³-hybridized carbons (Fsp3) is 0.667. The average molecular weight is 259 g/mol. The highest BCUT2D eigenvalue weighted by Gasteiger charge is 2.24. The van der Waals surface area contributed by atoms with Crippen molar-refractivity contribution in [3.63, 3.8) is 0 Å². The van der Waals surface area contributed by atoms with E-state index in [0.717, 1.165) is 6.42 Å². The van der Waals surface area contributed by atoms with Gasteiger partial charge in [0.2, 0.25) is 0 Å². The Kier molecular flexibility index (Phi) is 4.54. The van der Waals surface area contributed by atoms with Gasteiger partial charge in [-0.2, -0.15) is 0 Å². The van der Waals surface area contributed by atoms with Gasteiger partial charge in [0.1, 0.15) is 0 Å². The predicted octanol–water partition coefficient (Wildman–Crippen LogP) is 5.33. The Morgan fingerprint density at radius 2 is 2.00 bits per heavy atom. The van der Waals surface area contributed by atoms with Gasteiger partial charge in [0.15, 0.2) is 0 Å². The third-order valence-electron chi connectivity index (χ3n) is 4.66. The minimum Gasteiger partial charge on any atom is -0.382 e. The zero-order valence-electron chi connectivity index (χ0n) is 13.1. The monoisotopic (exact) mass is 259 g/mol. The molecule has 0 radical (unpaired) electrons. The van der Waals surface area contributed by atoms with Crippen LogP contribution >= 0.6 is 0 Å². The van der Waals surface area contributed by atoms with E-state index in [1.54, 1.807) is 0 Å². The van der Waals surface area contributed by atoms with Crippen LogP contribution in [-0.2, 0) is 6.42 Å². The number of para-hydroxylation sites is 1. The molecule has 0 saturated heterocycles. The highest BCUT2D eigenvalue weighted by molar-refractivity contribution is 5.57. The minimum atomic E-state index is 0.537. The zero-order chi connectivity index (χ0) is 13.9. The van der Waals surface area contributed by atoms with Gasteiger partial charge in [-0.15, -0.1) is 0 Å². The van der Waals surface area contributed by atoms with Crippen molar-refractivity contribution < 1.29 is 0 Å². The smallest absolute Gasteiger partial charge is 0.0404 e. The van der Waals surface area contributed by atoms with Crippen molar-refractivity contribution in [1.82, 2.24) is 0 Å². The molecule has 19 heavy (non-hydrogen) atoms. The van der Waals surface area contributed by atoms with Crippen molar-refractivity contribution in [3.05, 3.63) is 29.3 Å². The summed E-state index contributed by atoms with van der Waals surface area (Å²) in [7, 11) is 0. The average Bonchev–Trinajstić information content (AvgIpc) is 2.53. The fourth-order valence-electron chi connectivity index (χ4n) is 3.24. The number of nitrogens with one attached hydrogen (secondary N) is 1. The lowest BCUT2D eigenvalue weighted by Crippen LogP contribution is -2.20. The van der Waals surface area contributed by atoms with Crippen LogP contribution < -0.4 is 5.32 Å². The molecule has 1 aromatic carbocycles. The van der Waals surface area contributed by atoms with Gasteiger partial charge in [-0.1, -0.05) is 45.4 Å². The quantitative estimate of drug-likeness (QED) is 0.724. The van der Waals surface area contributed by atoms with Crippen LogP contribution in [0.25, 0.3) is 0 Å². The Hall–Kier alpha value is -0.980. The van der Waals surface area contributed by atoms with E-state index < -0.39 is 0 Å². The number of hydrogen-bond acceptors (Lipinski definition) is 1. The Morgan fingerprint density at radius 3 is 2.74 bits per heavy atom. The summed E-state index contributed by atoms with van der Waals surface area (Å²) in [6.07, 6.45) is 7.82. The van der Waals surface area contributed by atoms with Gasteiger partial charge >= 0.3 is 0 Å². The van der Waals surface area contributed by atoms with Crippen molar-refractivity contribution in [2.45, 2.75) is 72.3 Å². The normalized spacial score (nSPS) is 22.8. The van der Waals surface area contributed by atoms with Gasteiger partial charge in [-0.3, -0.25) is 0 Å². The van der Waals surface area contributed by atoms with E-state index in [4.69, 9.17) is 0 Å². The number of benzene rings is 1. The topological polar surface area (TPSA) is 12.0 Å². The van der Waals surface area contributed by atoms with Crippen LogP contribution in [0.3, 0.4) is 0 Å². The van der Waals surface area contributed by atoms with Crippen LogP contribution in [0.15, 0.2) is 18.2 Å². The lowest BCUT2D eigenvalue weighted by Gasteiger charge is -2.24. The van der Waals surface area contributed by atoms with Gasteiger partial charge in [0.25, 0.3) is 0 Å². The molecule has 1 atom stereocenters. The van der Waals surface area contributed by atoms with E-state index in [1.807, 2.05) is 0 Å². The van der Waals surface area contributed by atoms with Gasteiger partial charge in [0, 0.05) is 11.7 Å². The summed E-state index contributed by atoms with van der Waals surface area (Å²) in [4.78, 5) is 0. The van der Waals surface area contributed by atoms with Crippen molar-refractivity contribution in [2.75, 3.05) is 5.32 Å². The maximum atomic E-state index is 3.85. The number of anilines is 1. The van der Waals surface area contributed by atoms with E-state index in [0.29, 0.717) is 11.5 Å². The zero-order valence-corrected chi connectivity index (χ0v) is 13.1. The van der Waals surface area contributed by atoms with Crippen LogP contribution in [0.5, 0.6) is 0 Å². The summed E-state index contributed by atoms with van der Waals surface area (Å²) in [5.74, 6) is 0. The van der Waals surface area contributed by atoms with Crippen molar-refractivity contribution in [1.29, 1.82) is 0 Å². The van der Waals surface area contributed by atoms with E-state index in [2.05, 4.69) is 51.2 Å². The van der Waals surface area contributed by atoms with Crippen molar-refractivity contribution in [3.8, 4) is 0 Å². The van der Waals surface area contributed by atoms with Crippen LogP contribution in [-0.4, -0.2) is 6.04 Å². The molecule has 0 spiro atoms. The molecule has 1 unspecified atom stereocenters. The first kappa shape index (κ1) is 14.4. The summed E-state index contributed by atoms with van der Waals surface area (Å²) in [6, 6.07) is 7.32. The fourth-order valence-corrected chi connectivity index (χ4v) is 3.24. The van der Waals surface area contributed by atoms with Crippen LogP contribution in [0.2, 0.25) is 0 Å². The molecule has 1 saturated carbocycles. The molecule has 0 aromatic heterocycles. The van der Waals surface area contributed by atoms with E-state index in [9.17, 15) is 0 Å². The van der Waals surface area contributed by atoms with Gasteiger partial charge in [-0.25, -0.2) is 0 Å². The highest BCUT2D eigenvalue weighted by Crippen LogP contribution is 2.35. The first-order valence-corrected chi connectivity index (χ1v) is 7.87. The molecule has 1 fully saturated rings. The second-order valence-electron chi connectivity index (χ2n) is 6.90. The highest BCUT2D eigenvalue weighted by atomic mass is 14.9. The third-order valence-corrected chi connectivity index (χ3v) is 4.66. The van der Waals surface area contributed by atoms with Crippen LogP contribution in [0.4, 0.5) is 5.69 Å². The van der Waals surface area contributed by atoms with Crippen LogP contribution in [0.1, 0.15) is 64.0 Å². The SMILES string of the molecule is CCc1cccc(C)c1NC1CCCC(C)(C)CC1. The molecule has 1 aliphatic rings. The molecule has 0 bridgehead atoms. The Labute approximate surface area is 118 Å². The Morgan fingerprint density at radius 1 is 1.21 bits per heavy atom. The molecule has 1 nitrogen and oxygen atoms in total. The molecule has 106 valence electrons. The maximum Gasteiger partial charge on any atom is 0.0404 e. The molecular weight excluding hydrogens is 230 g/mol. The Balaban J connectivity index is 2.09. The largest absolute Gasteiger partial charge is 0.382 e. The summed E-state index contributed by atoms with van der Waals surface area (Å²) in [5, 5.41) is 3.85. The Bertz CT molecular complexity index is 420. The van der Waals surface area contributed by atoms with Crippen molar-refractivity contribution in [2.24, 2.45) is 5.41 Å². The van der Waals surface area contributed by atoms with Crippen molar-refractivity contribution >= 4 is 5.69 Å². The summed E-state index contributed by atoms with van der Waals surface area (Å²) >= 11 is 0. The molecule has 1 aliphatic carbocycles. The van der Waals surface area contributed by atoms with Gasteiger partial charge < -0.3 is 5.32 Å². The lowest BCUT2D eigenvalue weighted by atomic mass is 9.85. The molecule has 1 N–H and O–H groups in total. The minimum absolute atomic E-state index is 0.537. The number of rotatable bonds is 3. The van der Waals surface area contributed by atoms with E-state index >= 15 is 0 Å². The molecule has 0 heterocycles. The second kappa shape index (κ2) is 5.98. The summed E-state index contributed by atoms with van der Waals surface area (Å²) < 4.78 is 0. The molecule has 1 aromatic rings. The molecular formula is C18H29N. The number of hydrogen-bond donors (Lipinski definition) is 1. The molecule has 0 amide bonds. The van der Waals surface area contributed by atoms with Gasteiger partial charge in [0.05, 0.1) is 0 Å². The summed E-state index contributed by atoms with van der Waals surface area (Å²) in [6.45, 7) is 9.31. The molecule has 0 aliphatic heterocycles. The molecule has 2 rings (SSSR count). The van der Waals surface area contributed by atoms with E-state index in [-0.39, 0.29) is 0 Å². The standard InChI is InChI=1S/C18H29N/c1-5-15-9-6-8-14(2)17(15)19-16-10-7-12-18(3,4)13-11-16/h6,8-9,16,19H,5,7,10-13H2,1-4H3. The number of aryl methyl sites for hydroxylation is 2. The van der Waals surface area contributed by atoms with E-state index in [1.165, 1.54) is 48.9 Å².